The minimum atomic E-state index is -0.187. The Morgan fingerprint density at radius 2 is 0.522 bits per heavy atom. The fourth-order valence-corrected chi connectivity index (χ4v) is 0.859. The number of Topliss-reactive ketones (excluding diaryl/α,β-unsaturated/α-hetero) is 6. The molecular weight excluding hydrogens is 374 g/mol. The summed E-state index contributed by atoms with van der Waals surface area (Å²) in [6, 6.07) is 0. The average molecular weight is 395 g/mol. The van der Waals surface area contributed by atoms with Crippen LogP contribution in [0.3, 0.4) is 0 Å². The number of hydrogen-bond donors (Lipinski definition) is 0. The maximum Gasteiger partial charge on any atom is 2.00 e. The summed E-state index contributed by atoms with van der Waals surface area (Å²) in [4.78, 5) is 59.9. The molecule has 0 atom stereocenters. The summed E-state index contributed by atoms with van der Waals surface area (Å²) in [6.07, 6.45) is 3.17. The third-order valence-corrected chi connectivity index (χ3v) is 1.22. The Kier molecular flexibility index (Phi) is 32.4. The summed E-state index contributed by atoms with van der Waals surface area (Å²) < 4.78 is 0. The van der Waals surface area contributed by atoms with E-state index in [0.29, 0.717) is 0 Å². The van der Waals surface area contributed by atoms with E-state index in [-0.39, 0.29) is 103 Å². The van der Waals surface area contributed by atoms with Gasteiger partial charge >= 0.3 is 68.2 Å². The number of carbonyl (C=O) groups excluding carboxylic acids is 6. The first-order chi connectivity index (χ1) is 9.38. The first kappa shape index (κ1) is 34.2. The Morgan fingerprint density at radius 1 is 0.435 bits per heavy atom. The molecule has 23 heavy (non-hydrogen) atoms. The minimum Gasteiger partial charge on any atom is -0.334 e. The van der Waals surface area contributed by atoms with Crippen molar-refractivity contribution in [3.05, 3.63) is 19.3 Å². The van der Waals surface area contributed by atoms with Gasteiger partial charge in [-0.05, 0) is 41.5 Å². The molecule has 0 aromatic carbocycles. The van der Waals surface area contributed by atoms with Crippen molar-refractivity contribution in [2.75, 3.05) is 0 Å². The van der Waals surface area contributed by atoms with Crippen LogP contribution in [0, 0.1) is 19.3 Å². The first-order valence-electron chi connectivity index (χ1n) is 5.96. The van der Waals surface area contributed by atoms with Gasteiger partial charge in [-0.1, -0.05) is 0 Å². The molecule has 0 bridgehead atoms. The van der Waals surface area contributed by atoms with E-state index in [4.69, 9.17) is 0 Å². The zero-order valence-corrected chi connectivity index (χ0v) is 18.7. The van der Waals surface area contributed by atoms with E-state index in [0.717, 1.165) is 19.3 Å². The Balaban J connectivity index is -0.0000000675. The van der Waals surface area contributed by atoms with Gasteiger partial charge in [-0.2, -0.15) is 0 Å². The van der Waals surface area contributed by atoms with Gasteiger partial charge in [0.05, 0.1) is 0 Å². The van der Waals surface area contributed by atoms with Crippen molar-refractivity contribution in [2.24, 2.45) is 0 Å². The molecule has 0 aromatic rings. The number of ketones is 6. The SMILES string of the molecule is CC(=O)[CH-]C(C)=O.CC(=O)[CH-]C(C)=O.CC(=O)[CH-]C(C)=O.[Co+2].[K+]. The molecule has 1 radical (unpaired) electrons. The number of carbonyl (C=O) groups is 6. The molecule has 0 aliphatic heterocycles. The fourth-order valence-electron chi connectivity index (χ4n) is 0.859. The van der Waals surface area contributed by atoms with Crippen LogP contribution in [0.4, 0.5) is 0 Å². The molecule has 0 aliphatic rings. The van der Waals surface area contributed by atoms with Crippen LogP contribution in [0.5, 0.6) is 0 Å². The maximum atomic E-state index is 9.98. The molecule has 0 rings (SSSR count). The molecule has 0 aliphatic carbocycles. The molecule has 0 unspecified atom stereocenters. The van der Waals surface area contributed by atoms with Gasteiger partial charge in [0.2, 0.25) is 0 Å². The molecule has 0 saturated heterocycles. The smallest absolute Gasteiger partial charge is 0.334 e. The van der Waals surface area contributed by atoms with Crippen molar-refractivity contribution in [1.29, 1.82) is 0 Å². The predicted molar refractivity (Wildman–Crippen MR) is 77.0 cm³/mol. The van der Waals surface area contributed by atoms with E-state index < -0.39 is 0 Å². The summed E-state index contributed by atoms with van der Waals surface area (Å²) in [5.41, 5.74) is 0. The molecule has 8 heteroatoms. The molecule has 0 amide bonds. The Labute approximate surface area is 190 Å². The van der Waals surface area contributed by atoms with Crippen LogP contribution >= 0.6 is 0 Å². The predicted octanol–water partition coefficient (Wildman–Crippen LogP) is -1.89. The van der Waals surface area contributed by atoms with Crippen LogP contribution in [-0.4, -0.2) is 34.7 Å². The Hall–Kier alpha value is -0.227. The van der Waals surface area contributed by atoms with Gasteiger partial charge in [0.15, 0.2) is 0 Å². The van der Waals surface area contributed by atoms with E-state index in [9.17, 15) is 28.8 Å². The quantitative estimate of drug-likeness (QED) is 0.296. The van der Waals surface area contributed by atoms with Gasteiger partial charge in [0, 0.05) is 34.7 Å². The number of rotatable bonds is 6. The number of hydrogen-bond acceptors (Lipinski definition) is 6. The normalized spacial score (nSPS) is 7.04. The van der Waals surface area contributed by atoms with Crippen molar-refractivity contribution >= 4 is 34.7 Å². The summed E-state index contributed by atoms with van der Waals surface area (Å²) >= 11 is 0. The molecular formula is C15H21CoKO6. The summed E-state index contributed by atoms with van der Waals surface area (Å²) in [7, 11) is 0. The van der Waals surface area contributed by atoms with Gasteiger partial charge < -0.3 is 28.8 Å². The monoisotopic (exact) mass is 395 g/mol. The molecule has 6 nitrogen and oxygen atoms in total. The standard InChI is InChI=1S/3C5H7O2.Co.K/c3*1-4(6)3-5(2)7;;/h3*3H,1-2H3;;/q3*-1;+2;+1. The summed E-state index contributed by atoms with van der Waals surface area (Å²) in [5.74, 6) is -1.12. The van der Waals surface area contributed by atoms with E-state index in [1.54, 1.807) is 0 Å². The topological polar surface area (TPSA) is 102 Å². The average Bonchev–Trinajstić information content (AvgIpc) is 2.10. The van der Waals surface area contributed by atoms with Crippen LogP contribution in [0.1, 0.15) is 41.5 Å². The van der Waals surface area contributed by atoms with Crippen LogP contribution in [0.15, 0.2) is 0 Å². The molecule has 0 fully saturated rings. The van der Waals surface area contributed by atoms with Crippen LogP contribution < -0.4 is 51.4 Å². The Bertz CT molecular complexity index is 320. The van der Waals surface area contributed by atoms with E-state index in [1.807, 2.05) is 0 Å². The first-order valence-corrected chi connectivity index (χ1v) is 5.96. The van der Waals surface area contributed by atoms with E-state index in [1.165, 1.54) is 41.5 Å². The second-order valence-corrected chi connectivity index (χ2v) is 4.10. The van der Waals surface area contributed by atoms with Gasteiger partial charge in [0.25, 0.3) is 0 Å². The molecule has 127 valence electrons. The van der Waals surface area contributed by atoms with Crippen molar-refractivity contribution < 1.29 is 96.9 Å². The maximum absolute atomic E-state index is 9.98. The van der Waals surface area contributed by atoms with E-state index >= 15 is 0 Å². The van der Waals surface area contributed by atoms with Gasteiger partial charge in [-0.15, -0.1) is 0 Å². The second kappa shape index (κ2) is 21.8. The third kappa shape index (κ3) is 61.4. The fraction of sp³-hybridized carbons (Fsp3) is 0.400. The van der Waals surface area contributed by atoms with Crippen LogP contribution in [0.2, 0.25) is 0 Å². The molecule has 0 spiro atoms. The molecule has 0 saturated carbocycles. The van der Waals surface area contributed by atoms with Crippen molar-refractivity contribution in [2.45, 2.75) is 41.5 Å². The van der Waals surface area contributed by atoms with Crippen molar-refractivity contribution in [1.82, 2.24) is 0 Å². The third-order valence-electron chi connectivity index (χ3n) is 1.22. The van der Waals surface area contributed by atoms with Gasteiger partial charge in [-0.25, -0.2) is 0 Å². The van der Waals surface area contributed by atoms with Crippen LogP contribution in [-0.2, 0) is 45.5 Å². The van der Waals surface area contributed by atoms with Crippen molar-refractivity contribution in [3.63, 3.8) is 0 Å². The summed E-state index contributed by atoms with van der Waals surface area (Å²) in [5, 5.41) is 0. The van der Waals surface area contributed by atoms with Crippen LogP contribution in [0.25, 0.3) is 0 Å². The molecule has 0 heterocycles. The van der Waals surface area contributed by atoms with Crippen molar-refractivity contribution in [3.8, 4) is 0 Å². The van der Waals surface area contributed by atoms with Gasteiger partial charge in [0.1, 0.15) is 0 Å². The summed E-state index contributed by atoms with van der Waals surface area (Å²) in [6.45, 7) is 8.09. The largest absolute Gasteiger partial charge is 2.00 e. The molecule has 0 aromatic heterocycles. The zero-order valence-electron chi connectivity index (χ0n) is 14.5. The zero-order chi connectivity index (χ0) is 17.6. The molecule has 0 N–H and O–H groups in total. The minimum absolute atomic E-state index is 0. The Morgan fingerprint density at radius 3 is 0.522 bits per heavy atom. The second-order valence-electron chi connectivity index (χ2n) is 4.10. The van der Waals surface area contributed by atoms with E-state index in [2.05, 4.69) is 0 Å². The van der Waals surface area contributed by atoms with Gasteiger partial charge in [-0.3, -0.25) is 19.3 Å².